The summed E-state index contributed by atoms with van der Waals surface area (Å²) in [7, 11) is 0. The van der Waals surface area contributed by atoms with Gasteiger partial charge in [0.15, 0.2) is 0 Å². The molecule has 2 aromatic rings. The van der Waals surface area contributed by atoms with Crippen molar-refractivity contribution in [2.24, 2.45) is 5.73 Å². The zero-order valence-corrected chi connectivity index (χ0v) is 10.9. The highest BCUT2D eigenvalue weighted by molar-refractivity contribution is 6.06. The summed E-state index contributed by atoms with van der Waals surface area (Å²) >= 11 is 0. The summed E-state index contributed by atoms with van der Waals surface area (Å²) in [6.07, 6.45) is 2.22. The molecule has 20 heavy (non-hydrogen) atoms. The number of imide groups is 1. The average molecular weight is 273 g/mol. The molecule has 2 heterocycles. The fourth-order valence-corrected chi connectivity index (χ4v) is 2.29. The zero-order chi connectivity index (χ0) is 14.1. The van der Waals surface area contributed by atoms with E-state index < -0.39 is 0 Å². The van der Waals surface area contributed by atoms with Gasteiger partial charge in [0.2, 0.25) is 5.91 Å². The summed E-state index contributed by atoms with van der Waals surface area (Å²) < 4.78 is 1.79. The van der Waals surface area contributed by atoms with Gasteiger partial charge in [0.05, 0.1) is 12.1 Å². The Labute approximate surface area is 115 Å². The minimum Gasteiger partial charge on any atom is -0.329 e. The Bertz CT molecular complexity index is 678. The van der Waals surface area contributed by atoms with Crippen LogP contribution in [0.2, 0.25) is 0 Å². The maximum Gasteiger partial charge on any atom is 0.328 e. The van der Waals surface area contributed by atoms with E-state index >= 15 is 0 Å². The summed E-state index contributed by atoms with van der Waals surface area (Å²) in [5.74, 6) is -0.233. The van der Waals surface area contributed by atoms with Gasteiger partial charge >= 0.3 is 6.03 Å². The summed E-state index contributed by atoms with van der Waals surface area (Å²) in [5, 5.41) is 7.64. The molecule has 1 aromatic heterocycles. The second-order valence-electron chi connectivity index (χ2n) is 4.68. The van der Waals surface area contributed by atoms with Gasteiger partial charge in [0, 0.05) is 36.8 Å². The quantitative estimate of drug-likeness (QED) is 0.848. The Morgan fingerprint density at radius 1 is 1.35 bits per heavy atom. The number of hydrogen-bond donors (Lipinski definition) is 2. The van der Waals surface area contributed by atoms with Crippen LogP contribution < -0.4 is 16.0 Å². The van der Waals surface area contributed by atoms with Crippen molar-refractivity contribution < 1.29 is 9.59 Å². The lowest BCUT2D eigenvalue weighted by Crippen LogP contribution is -2.49. The predicted molar refractivity (Wildman–Crippen MR) is 74.3 cm³/mol. The van der Waals surface area contributed by atoms with Gasteiger partial charge < -0.3 is 5.73 Å². The van der Waals surface area contributed by atoms with Gasteiger partial charge in [0.25, 0.3) is 0 Å². The van der Waals surface area contributed by atoms with E-state index in [9.17, 15) is 9.59 Å². The Morgan fingerprint density at radius 3 is 2.95 bits per heavy atom. The second kappa shape index (κ2) is 4.93. The molecule has 1 aliphatic rings. The number of benzene rings is 1. The smallest absolute Gasteiger partial charge is 0.328 e. The minimum absolute atomic E-state index is 0.233. The SMILES string of the molecule is NCCn1cc2cc(N3CCC(=O)NC3=O)ccc2n1. The Hall–Kier alpha value is -2.41. The van der Waals surface area contributed by atoms with Crippen LogP contribution in [-0.2, 0) is 11.3 Å². The molecule has 0 radical (unpaired) electrons. The van der Waals surface area contributed by atoms with Crippen LogP contribution in [0, 0.1) is 0 Å². The van der Waals surface area contributed by atoms with Crippen LogP contribution in [0.4, 0.5) is 10.5 Å². The van der Waals surface area contributed by atoms with Gasteiger partial charge in [-0.1, -0.05) is 0 Å². The number of anilines is 1. The molecular weight excluding hydrogens is 258 g/mol. The van der Waals surface area contributed by atoms with Crippen LogP contribution in [0.15, 0.2) is 24.4 Å². The Balaban J connectivity index is 1.92. The molecule has 1 aliphatic heterocycles. The van der Waals surface area contributed by atoms with Crippen molar-refractivity contribution in [2.45, 2.75) is 13.0 Å². The molecule has 0 unspecified atom stereocenters. The predicted octanol–water partition coefficient (Wildman–Crippen LogP) is 0.441. The van der Waals surface area contributed by atoms with Crippen molar-refractivity contribution >= 4 is 28.5 Å². The molecule has 0 saturated carbocycles. The number of urea groups is 1. The lowest BCUT2D eigenvalue weighted by atomic mass is 10.2. The molecule has 0 bridgehead atoms. The fraction of sp³-hybridized carbons (Fsp3) is 0.308. The number of rotatable bonds is 3. The van der Waals surface area contributed by atoms with E-state index in [0.717, 1.165) is 16.6 Å². The van der Waals surface area contributed by atoms with E-state index in [1.165, 1.54) is 0 Å². The highest BCUT2D eigenvalue weighted by atomic mass is 16.2. The van der Waals surface area contributed by atoms with E-state index in [1.807, 2.05) is 24.4 Å². The normalized spacial score (nSPS) is 15.8. The minimum atomic E-state index is -0.380. The maximum atomic E-state index is 11.8. The van der Waals surface area contributed by atoms with E-state index in [4.69, 9.17) is 5.73 Å². The van der Waals surface area contributed by atoms with Crippen LogP contribution in [0.5, 0.6) is 0 Å². The zero-order valence-electron chi connectivity index (χ0n) is 10.9. The molecular formula is C13H15N5O2. The lowest BCUT2D eigenvalue weighted by Gasteiger charge is -2.26. The lowest BCUT2D eigenvalue weighted by molar-refractivity contribution is -0.120. The first-order chi connectivity index (χ1) is 9.67. The number of amides is 3. The Kier molecular flexibility index (Phi) is 3.11. The van der Waals surface area contributed by atoms with Gasteiger partial charge in [-0.15, -0.1) is 0 Å². The molecule has 0 aliphatic carbocycles. The molecule has 0 spiro atoms. The van der Waals surface area contributed by atoms with Crippen molar-refractivity contribution in [3.8, 4) is 0 Å². The number of fused-ring (bicyclic) bond motifs is 1. The summed E-state index contributed by atoms with van der Waals surface area (Å²) in [6, 6.07) is 5.21. The topological polar surface area (TPSA) is 93.2 Å². The van der Waals surface area contributed by atoms with E-state index in [2.05, 4.69) is 10.4 Å². The van der Waals surface area contributed by atoms with Crippen LogP contribution in [0.25, 0.3) is 10.9 Å². The van der Waals surface area contributed by atoms with E-state index in [1.54, 1.807) is 9.58 Å². The fourth-order valence-electron chi connectivity index (χ4n) is 2.29. The summed E-state index contributed by atoms with van der Waals surface area (Å²) in [6.45, 7) is 1.58. The van der Waals surface area contributed by atoms with E-state index in [-0.39, 0.29) is 11.9 Å². The molecule has 1 fully saturated rings. The van der Waals surface area contributed by atoms with Crippen molar-refractivity contribution in [3.63, 3.8) is 0 Å². The van der Waals surface area contributed by atoms with E-state index in [0.29, 0.717) is 26.1 Å². The number of carbonyl (C=O) groups is 2. The standard InChI is InChI=1S/C13H15N5O2/c14-4-6-17-8-9-7-10(1-2-11(9)16-17)18-5-3-12(19)15-13(18)20/h1-2,7-8H,3-6,14H2,(H,15,19,20). The molecule has 104 valence electrons. The second-order valence-corrected chi connectivity index (χ2v) is 4.68. The van der Waals surface area contributed by atoms with Gasteiger partial charge in [-0.3, -0.25) is 19.7 Å². The molecule has 0 atom stereocenters. The van der Waals surface area contributed by atoms with Gasteiger partial charge in [-0.2, -0.15) is 5.10 Å². The number of aromatic nitrogens is 2. The average Bonchev–Trinajstić information content (AvgIpc) is 2.80. The maximum absolute atomic E-state index is 11.8. The number of nitrogens with two attached hydrogens (primary N) is 1. The molecule has 1 saturated heterocycles. The van der Waals surface area contributed by atoms with Crippen LogP contribution >= 0.6 is 0 Å². The first kappa shape index (κ1) is 12.6. The van der Waals surface area contributed by atoms with Crippen LogP contribution in [0.3, 0.4) is 0 Å². The van der Waals surface area contributed by atoms with Gasteiger partial charge in [0.1, 0.15) is 0 Å². The van der Waals surface area contributed by atoms with Crippen molar-refractivity contribution in [2.75, 3.05) is 18.0 Å². The molecule has 1 aromatic carbocycles. The van der Waals surface area contributed by atoms with Gasteiger partial charge in [-0.25, -0.2) is 4.79 Å². The molecule has 3 amide bonds. The monoisotopic (exact) mass is 273 g/mol. The van der Waals surface area contributed by atoms with Crippen LogP contribution in [-0.4, -0.2) is 34.8 Å². The first-order valence-corrected chi connectivity index (χ1v) is 6.46. The number of hydrogen-bond acceptors (Lipinski definition) is 4. The van der Waals surface area contributed by atoms with Crippen LogP contribution in [0.1, 0.15) is 6.42 Å². The third-order valence-electron chi connectivity index (χ3n) is 3.26. The highest BCUT2D eigenvalue weighted by Crippen LogP contribution is 2.22. The number of carbonyl (C=O) groups excluding carboxylic acids is 2. The summed E-state index contributed by atoms with van der Waals surface area (Å²) in [5.41, 5.74) is 7.12. The van der Waals surface area contributed by atoms with Crippen molar-refractivity contribution in [1.82, 2.24) is 15.1 Å². The molecule has 7 nitrogen and oxygen atoms in total. The molecule has 3 rings (SSSR count). The third kappa shape index (κ3) is 2.23. The Morgan fingerprint density at radius 2 is 2.20 bits per heavy atom. The third-order valence-corrected chi connectivity index (χ3v) is 3.26. The highest BCUT2D eigenvalue weighted by Gasteiger charge is 2.24. The van der Waals surface area contributed by atoms with Crippen molar-refractivity contribution in [3.05, 3.63) is 24.4 Å². The van der Waals surface area contributed by atoms with Gasteiger partial charge in [-0.05, 0) is 18.2 Å². The number of nitrogens with one attached hydrogen (secondary N) is 1. The summed E-state index contributed by atoms with van der Waals surface area (Å²) in [4.78, 5) is 24.5. The molecule has 7 heteroatoms. The number of nitrogens with zero attached hydrogens (tertiary/aromatic N) is 3. The van der Waals surface area contributed by atoms with Crippen molar-refractivity contribution in [1.29, 1.82) is 0 Å². The largest absolute Gasteiger partial charge is 0.329 e. The first-order valence-electron chi connectivity index (χ1n) is 6.46. The molecule has 3 N–H and O–H groups in total.